The number of aryl methyl sites for hydroxylation is 1. The van der Waals surface area contributed by atoms with Crippen molar-refractivity contribution in [2.75, 3.05) is 6.54 Å². The largest absolute Gasteiger partial charge is 0.313 e. The van der Waals surface area contributed by atoms with Crippen molar-refractivity contribution in [3.8, 4) is 0 Å². The zero-order valence-electron chi connectivity index (χ0n) is 11.7. The second-order valence-electron chi connectivity index (χ2n) is 4.56. The summed E-state index contributed by atoms with van der Waals surface area (Å²) in [5, 5.41) is 5.36. The second kappa shape index (κ2) is 7.76. The summed E-state index contributed by atoms with van der Waals surface area (Å²) in [5.41, 5.74) is 2.42. The Hall–Kier alpha value is -0.910. The number of nitrogens with one attached hydrogen (secondary N) is 1. The minimum Gasteiger partial charge on any atom is -0.313 e. The van der Waals surface area contributed by atoms with Crippen molar-refractivity contribution in [1.29, 1.82) is 0 Å². The molecule has 2 heterocycles. The molecule has 0 atom stereocenters. The average Bonchev–Trinajstić information content (AvgIpc) is 2.44. The maximum Gasteiger partial charge on any atom is 0.105 e. The predicted octanol–water partition coefficient (Wildman–Crippen LogP) is 4.20. The normalized spacial score (nSPS) is 10.8. The lowest BCUT2D eigenvalue weighted by molar-refractivity contribution is 0.672. The smallest absolute Gasteiger partial charge is 0.105 e. The highest BCUT2D eigenvalue weighted by Crippen LogP contribution is 2.27. The minimum absolute atomic E-state index is 0.878. The number of hydrogen-bond donors (Lipinski definition) is 1. The van der Waals surface area contributed by atoms with Crippen LogP contribution in [-0.2, 0) is 6.54 Å². The third-order valence-corrected chi connectivity index (χ3v) is 4.28. The van der Waals surface area contributed by atoms with Crippen molar-refractivity contribution in [3.63, 3.8) is 0 Å². The summed E-state index contributed by atoms with van der Waals surface area (Å²) in [4.78, 5) is 8.91. The van der Waals surface area contributed by atoms with Crippen LogP contribution in [0.4, 0.5) is 0 Å². The van der Waals surface area contributed by atoms with Crippen LogP contribution in [0.2, 0.25) is 0 Å². The molecule has 0 unspecified atom stereocenters. The molecule has 2 aromatic rings. The molecule has 0 aliphatic carbocycles. The van der Waals surface area contributed by atoms with Crippen molar-refractivity contribution in [2.24, 2.45) is 0 Å². The summed E-state index contributed by atoms with van der Waals surface area (Å²) < 4.78 is 0.990. The molecule has 20 heavy (non-hydrogen) atoms. The zero-order valence-corrected chi connectivity index (χ0v) is 14.1. The van der Waals surface area contributed by atoms with Crippen LogP contribution in [0.5, 0.6) is 0 Å². The van der Waals surface area contributed by atoms with Crippen LogP contribution in [0, 0.1) is 6.92 Å². The molecule has 0 aliphatic rings. The molecule has 106 valence electrons. The molecule has 2 aromatic heterocycles. The van der Waals surface area contributed by atoms with E-state index in [1.807, 2.05) is 18.3 Å². The van der Waals surface area contributed by atoms with Gasteiger partial charge in [0.15, 0.2) is 0 Å². The Bertz CT molecular complexity index is 558. The van der Waals surface area contributed by atoms with Crippen molar-refractivity contribution in [3.05, 3.63) is 46.2 Å². The van der Waals surface area contributed by atoms with Crippen molar-refractivity contribution >= 4 is 27.7 Å². The van der Waals surface area contributed by atoms with E-state index >= 15 is 0 Å². The van der Waals surface area contributed by atoms with Crippen LogP contribution >= 0.6 is 27.7 Å². The third-order valence-electron chi connectivity index (χ3n) is 2.74. The molecule has 0 amide bonds. The fourth-order valence-electron chi connectivity index (χ4n) is 1.76. The molecule has 0 radical (unpaired) electrons. The van der Waals surface area contributed by atoms with Gasteiger partial charge in [0.05, 0.1) is 0 Å². The monoisotopic (exact) mass is 351 g/mol. The first-order valence-electron chi connectivity index (χ1n) is 6.64. The van der Waals surface area contributed by atoms with Gasteiger partial charge in [0, 0.05) is 23.4 Å². The Labute approximate surface area is 132 Å². The fourth-order valence-corrected chi connectivity index (χ4v) is 2.75. The highest BCUT2D eigenvalue weighted by atomic mass is 79.9. The molecule has 2 rings (SSSR count). The van der Waals surface area contributed by atoms with Gasteiger partial charge in [-0.1, -0.05) is 13.0 Å². The van der Waals surface area contributed by atoms with E-state index in [1.165, 1.54) is 11.1 Å². The highest BCUT2D eigenvalue weighted by molar-refractivity contribution is 9.10. The predicted molar refractivity (Wildman–Crippen MR) is 87.0 cm³/mol. The lowest BCUT2D eigenvalue weighted by atomic mass is 10.2. The number of hydrogen-bond acceptors (Lipinski definition) is 4. The topological polar surface area (TPSA) is 37.8 Å². The van der Waals surface area contributed by atoms with Gasteiger partial charge in [-0.2, -0.15) is 0 Å². The number of pyridine rings is 2. The van der Waals surface area contributed by atoms with Gasteiger partial charge in [-0.3, -0.25) is 0 Å². The Balaban J connectivity index is 2.03. The molecular formula is C15H18BrN3S. The summed E-state index contributed by atoms with van der Waals surface area (Å²) in [7, 11) is 0. The van der Waals surface area contributed by atoms with E-state index in [0.29, 0.717) is 0 Å². The van der Waals surface area contributed by atoms with Gasteiger partial charge in [-0.25, -0.2) is 9.97 Å². The standard InChI is InChI=1S/C15H18BrN3S/c1-3-6-17-8-12-7-11(2)15(19-9-12)20-14-5-4-13(16)10-18-14/h4-5,7,9-10,17H,3,6,8H2,1-2H3. The maximum atomic E-state index is 4.55. The summed E-state index contributed by atoms with van der Waals surface area (Å²) in [6.07, 6.45) is 4.90. The SMILES string of the molecule is CCCNCc1cnc(Sc2ccc(Br)cn2)c(C)c1. The lowest BCUT2D eigenvalue weighted by Crippen LogP contribution is -2.14. The van der Waals surface area contributed by atoms with E-state index in [4.69, 9.17) is 0 Å². The zero-order chi connectivity index (χ0) is 14.4. The van der Waals surface area contributed by atoms with Gasteiger partial charge < -0.3 is 5.32 Å². The van der Waals surface area contributed by atoms with E-state index < -0.39 is 0 Å². The molecule has 0 bridgehead atoms. The van der Waals surface area contributed by atoms with Crippen molar-refractivity contribution < 1.29 is 0 Å². The molecule has 1 N–H and O–H groups in total. The molecule has 3 nitrogen and oxygen atoms in total. The molecule has 0 saturated carbocycles. The van der Waals surface area contributed by atoms with Crippen LogP contribution in [0.15, 0.2) is 45.1 Å². The molecule has 5 heteroatoms. The summed E-state index contributed by atoms with van der Waals surface area (Å²) in [5.74, 6) is 0. The molecular weight excluding hydrogens is 334 g/mol. The second-order valence-corrected chi connectivity index (χ2v) is 6.48. The van der Waals surface area contributed by atoms with Gasteiger partial charge in [0.1, 0.15) is 10.1 Å². The molecule has 0 spiro atoms. The summed E-state index contributed by atoms with van der Waals surface area (Å²) >= 11 is 4.99. The first-order chi connectivity index (χ1) is 9.69. The van der Waals surface area contributed by atoms with E-state index in [2.05, 4.69) is 51.1 Å². The van der Waals surface area contributed by atoms with Gasteiger partial charge in [0.25, 0.3) is 0 Å². The van der Waals surface area contributed by atoms with Gasteiger partial charge in [0.2, 0.25) is 0 Å². The van der Waals surface area contributed by atoms with E-state index in [0.717, 1.165) is 34.0 Å². The van der Waals surface area contributed by atoms with Crippen molar-refractivity contribution in [1.82, 2.24) is 15.3 Å². The Morgan fingerprint density at radius 3 is 2.75 bits per heavy atom. The molecule has 0 saturated heterocycles. The van der Waals surface area contributed by atoms with E-state index in [1.54, 1.807) is 18.0 Å². The molecule has 0 aromatic carbocycles. The van der Waals surface area contributed by atoms with Crippen LogP contribution in [0.25, 0.3) is 0 Å². The van der Waals surface area contributed by atoms with Crippen LogP contribution in [-0.4, -0.2) is 16.5 Å². The Morgan fingerprint density at radius 2 is 2.10 bits per heavy atom. The first kappa shape index (κ1) is 15.5. The van der Waals surface area contributed by atoms with Crippen LogP contribution in [0.1, 0.15) is 24.5 Å². The number of nitrogens with zero attached hydrogens (tertiary/aromatic N) is 2. The van der Waals surface area contributed by atoms with Crippen molar-refractivity contribution in [2.45, 2.75) is 36.9 Å². The van der Waals surface area contributed by atoms with Gasteiger partial charge in [-0.15, -0.1) is 0 Å². The third kappa shape index (κ3) is 4.58. The molecule has 0 fully saturated rings. The van der Waals surface area contributed by atoms with E-state index in [-0.39, 0.29) is 0 Å². The van der Waals surface area contributed by atoms with Crippen LogP contribution in [0.3, 0.4) is 0 Å². The van der Waals surface area contributed by atoms with Crippen LogP contribution < -0.4 is 5.32 Å². The highest BCUT2D eigenvalue weighted by Gasteiger charge is 2.05. The van der Waals surface area contributed by atoms with E-state index in [9.17, 15) is 0 Å². The van der Waals surface area contributed by atoms with Gasteiger partial charge in [-0.05, 0) is 70.8 Å². The fraction of sp³-hybridized carbons (Fsp3) is 0.333. The maximum absolute atomic E-state index is 4.55. The Morgan fingerprint density at radius 1 is 1.25 bits per heavy atom. The minimum atomic E-state index is 0.878. The molecule has 0 aliphatic heterocycles. The quantitative estimate of drug-likeness (QED) is 0.791. The average molecular weight is 352 g/mol. The number of rotatable bonds is 6. The summed E-state index contributed by atoms with van der Waals surface area (Å²) in [6, 6.07) is 6.18. The first-order valence-corrected chi connectivity index (χ1v) is 8.25. The lowest BCUT2D eigenvalue weighted by Gasteiger charge is -2.08. The van der Waals surface area contributed by atoms with Gasteiger partial charge >= 0.3 is 0 Å². The Kier molecular flexibility index (Phi) is 6.01. The number of halogens is 1. The number of aromatic nitrogens is 2. The summed E-state index contributed by atoms with van der Waals surface area (Å²) in [6.45, 7) is 6.18.